The van der Waals surface area contributed by atoms with Crippen molar-refractivity contribution in [3.8, 4) is 0 Å². The molecule has 0 aliphatic carbocycles. The molecule has 17 heavy (non-hydrogen) atoms. The average Bonchev–Trinajstić information content (AvgIpc) is 2.34. The van der Waals surface area contributed by atoms with Crippen molar-refractivity contribution in [2.75, 3.05) is 20.7 Å². The third-order valence-corrected chi connectivity index (χ3v) is 3.50. The summed E-state index contributed by atoms with van der Waals surface area (Å²) in [5, 5.41) is 3.28. The van der Waals surface area contributed by atoms with Crippen LogP contribution in [0.3, 0.4) is 0 Å². The first-order chi connectivity index (χ1) is 8.19. The van der Waals surface area contributed by atoms with Crippen LogP contribution in [0.1, 0.15) is 52.4 Å². The topological polar surface area (TPSA) is 38.3 Å². The molecular formula is C14H29NO2. The number of rotatable bonds is 10. The lowest BCUT2D eigenvalue weighted by atomic mass is 9.83. The molecule has 0 aromatic carbocycles. The standard InChI is InChI=1S/C14H29NO2/c1-5-8-12(6-2)13(11-15-3)9-7-10-14(16)17-4/h12-13,15H,5-11H2,1-4H3. The van der Waals surface area contributed by atoms with E-state index in [-0.39, 0.29) is 5.97 Å². The van der Waals surface area contributed by atoms with Crippen LogP contribution in [0.5, 0.6) is 0 Å². The van der Waals surface area contributed by atoms with Crippen LogP contribution < -0.4 is 5.32 Å². The summed E-state index contributed by atoms with van der Waals surface area (Å²) in [6.07, 6.45) is 6.39. The summed E-state index contributed by atoms with van der Waals surface area (Å²) in [7, 11) is 3.46. The molecule has 0 saturated heterocycles. The first-order valence-electron chi connectivity index (χ1n) is 6.90. The van der Waals surface area contributed by atoms with Crippen molar-refractivity contribution in [1.82, 2.24) is 5.32 Å². The fraction of sp³-hybridized carbons (Fsp3) is 0.929. The Morgan fingerprint density at radius 3 is 2.41 bits per heavy atom. The van der Waals surface area contributed by atoms with Crippen LogP contribution in [-0.2, 0) is 9.53 Å². The van der Waals surface area contributed by atoms with Gasteiger partial charge in [-0.1, -0.05) is 33.1 Å². The van der Waals surface area contributed by atoms with Crippen molar-refractivity contribution in [2.45, 2.75) is 52.4 Å². The van der Waals surface area contributed by atoms with Gasteiger partial charge in [-0.2, -0.15) is 0 Å². The van der Waals surface area contributed by atoms with E-state index in [9.17, 15) is 4.79 Å². The van der Waals surface area contributed by atoms with Crippen molar-refractivity contribution in [3.05, 3.63) is 0 Å². The molecule has 0 radical (unpaired) electrons. The number of methoxy groups -OCH3 is 1. The van der Waals surface area contributed by atoms with Crippen molar-refractivity contribution in [3.63, 3.8) is 0 Å². The molecule has 0 aromatic heterocycles. The van der Waals surface area contributed by atoms with Crippen molar-refractivity contribution in [2.24, 2.45) is 11.8 Å². The number of nitrogens with one attached hydrogen (secondary N) is 1. The Morgan fingerprint density at radius 2 is 1.94 bits per heavy atom. The maximum Gasteiger partial charge on any atom is 0.305 e. The Morgan fingerprint density at radius 1 is 1.24 bits per heavy atom. The molecule has 2 unspecified atom stereocenters. The van der Waals surface area contributed by atoms with Crippen molar-refractivity contribution < 1.29 is 9.53 Å². The lowest BCUT2D eigenvalue weighted by Gasteiger charge is -2.25. The monoisotopic (exact) mass is 243 g/mol. The highest BCUT2D eigenvalue weighted by Gasteiger charge is 2.18. The van der Waals surface area contributed by atoms with Gasteiger partial charge in [0.25, 0.3) is 0 Å². The Balaban J connectivity index is 4.06. The summed E-state index contributed by atoms with van der Waals surface area (Å²) >= 11 is 0. The molecule has 3 heteroatoms. The summed E-state index contributed by atoms with van der Waals surface area (Å²) < 4.78 is 4.67. The normalized spacial score (nSPS) is 14.4. The van der Waals surface area contributed by atoms with Crippen LogP contribution >= 0.6 is 0 Å². The van der Waals surface area contributed by atoms with Gasteiger partial charge < -0.3 is 10.1 Å². The van der Waals surface area contributed by atoms with Gasteiger partial charge in [0, 0.05) is 6.42 Å². The number of carbonyl (C=O) groups excluding carboxylic acids is 1. The molecule has 0 spiro atoms. The van der Waals surface area contributed by atoms with Gasteiger partial charge >= 0.3 is 5.97 Å². The number of esters is 1. The van der Waals surface area contributed by atoms with Gasteiger partial charge in [-0.3, -0.25) is 4.79 Å². The number of hydrogen-bond donors (Lipinski definition) is 1. The van der Waals surface area contributed by atoms with Gasteiger partial charge in [0.2, 0.25) is 0 Å². The Labute approximate surface area is 106 Å². The Hall–Kier alpha value is -0.570. The number of carbonyl (C=O) groups is 1. The zero-order chi connectivity index (χ0) is 13.1. The quantitative estimate of drug-likeness (QED) is 0.599. The molecule has 0 amide bonds. The van der Waals surface area contributed by atoms with E-state index in [2.05, 4.69) is 23.9 Å². The third-order valence-electron chi connectivity index (χ3n) is 3.50. The molecule has 0 bridgehead atoms. The lowest BCUT2D eigenvalue weighted by Crippen LogP contribution is -2.26. The van der Waals surface area contributed by atoms with Crippen LogP contribution in [0.25, 0.3) is 0 Å². The van der Waals surface area contributed by atoms with Gasteiger partial charge in [-0.15, -0.1) is 0 Å². The van der Waals surface area contributed by atoms with Crippen LogP contribution in [0.4, 0.5) is 0 Å². The highest BCUT2D eigenvalue weighted by molar-refractivity contribution is 5.68. The zero-order valence-corrected chi connectivity index (χ0v) is 11.9. The Kier molecular flexibility index (Phi) is 10.2. The molecule has 0 heterocycles. The van der Waals surface area contributed by atoms with Crippen LogP contribution in [0.15, 0.2) is 0 Å². The minimum absolute atomic E-state index is 0.0863. The summed E-state index contributed by atoms with van der Waals surface area (Å²) in [5.41, 5.74) is 0. The SMILES string of the molecule is CCCC(CC)C(CCCC(=O)OC)CNC. The second kappa shape index (κ2) is 10.6. The van der Waals surface area contributed by atoms with E-state index in [0.29, 0.717) is 12.3 Å². The molecule has 1 N–H and O–H groups in total. The first kappa shape index (κ1) is 16.4. The van der Waals surface area contributed by atoms with E-state index in [4.69, 9.17) is 0 Å². The fourth-order valence-electron chi connectivity index (χ4n) is 2.52. The largest absolute Gasteiger partial charge is 0.469 e. The molecule has 0 aliphatic heterocycles. The molecule has 0 aromatic rings. The van der Waals surface area contributed by atoms with Crippen LogP contribution in [0, 0.1) is 11.8 Å². The highest BCUT2D eigenvalue weighted by atomic mass is 16.5. The molecule has 0 aliphatic rings. The summed E-state index contributed by atoms with van der Waals surface area (Å²) in [6.45, 7) is 5.57. The van der Waals surface area contributed by atoms with Gasteiger partial charge in [0.1, 0.15) is 0 Å². The minimum atomic E-state index is -0.0863. The van der Waals surface area contributed by atoms with Gasteiger partial charge in [-0.25, -0.2) is 0 Å². The van der Waals surface area contributed by atoms with E-state index in [1.165, 1.54) is 26.4 Å². The predicted molar refractivity (Wildman–Crippen MR) is 72.0 cm³/mol. The van der Waals surface area contributed by atoms with E-state index in [1.807, 2.05) is 7.05 Å². The maximum absolute atomic E-state index is 11.1. The lowest BCUT2D eigenvalue weighted by molar-refractivity contribution is -0.140. The summed E-state index contributed by atoms with van der Waals surface area (Å²) in [5.74, 6) is 1.39. The molecular weight excluding hydrogens is 214 g/mol. The second-order valence-corrected chi connectivity index (χ2v) is 4.74. The highest BCUT2D eigenvalue weighted by Crippen LogP contribution is 2.25. The van der Waals surface area contributed by atoms with Crippen molar-refractivity contribution >= 4 is 5.97 Å². The van der Waals surface area contributed by atoms with Crippen LogP contribution in [0.2, 0.25) is 0 Å². The fourth-order valence-corrected chi connectivity index (χ4v) is 2.52. The van der Waals surface area contributed by atoms with E-state index < -0.39 is 0 Å². The van der Waals surface area contributed by atoms with E-state index in [0.717, 1.165) is 25.3 Å². The van der Waals surface area contributed by atoms with Gasteiger partial charge in [0.05, 0.1) is 7.11 Å². The average molecular weight is 243 g/mol. The van der Waals surface area contributed by atoms with Gasteiger partial charge in [0.15, 0.2) is 0 Å². The molecule has 2 atom stereocenters. The summed E-state index contributed by atoms with van der Waals surface area (Å²) in [4.78, 5) is 11.1. The molecule has 0 saturated carbocycles. The van der Waals surface area contributed by atoms with Crippen molar-refractivity contribution in [1.29, 1.82) is 0 Å². The Bertz CT molecular complexity index is 195. The molecule has 102 valence electrons. The predicted octanol–water partition coefficient (Wildman–Crippen LogP) is 2.99. The molecule has 3 nitrogen and oxygen atoms in total. The molecule has 0 rings (SSSR count). The first-order valence-corrected chi connectivity index (χ1v) is 6.90. The minimum Gasteiger partial charge on any atom is -0.469 e. The summed E-state index contributed by atoms with van der Waals surface area (Å²) in [6, 6.07) is 0. The van der Waals surface area contributed by atoms with Gasteiger partial charge in [-0.05, 0) is 38.3 Å². The second-order valence-electron chi connectivity index (χ2n) is 4.74. The zero-order valence-electron chi connectivity index (χ0n) is 11.9. The third kappa shape index (κ3) is 7.37. The number of hydrogen-bond acceptors (Lipinski definition) is 3. The smallest absolute Gasteiger partial charge is 0.305 e. The molecule has 0 fully saturated rings. The van der Waals surface area contributed by atoms with E-state index >= 15 is 0 Å². The van der Waals surface area contributed by atoms with E-state index in [1.54, 1.807) is 0 Å². The van der Waals surface area contributed by atoms with Crippen LogP contribution in [-0.4, -0.2) is 26.7 Å². The maximum atomic E-state index is 11.1. The number of ether oxygens (including phenoxy) is 1.